The van der Waals surface area contributed by atoms with Crippen LogP contribution in [0, 0.1) is 6.92 Å². The molecule has 0 radical (unpaired) electrons. The Kier molecular flexibility index (Phi) is 3.84. The predicted molar refractivity (Wildman–Crippen MR) is 102 cm³/mol. The van der Waals surface area contributed by atoms with Gasteiger partial charge in [-0.15, -0.1) is 0 Å². The number of fused-ring (bicyclic) bond motifs is 3. The molecule has 1 amide bonds. The van der Waals surface area contributed by atoms with Crippen LogP contribution in [0.25, 0.3) is 22.6 Å². The molecule has 0 spiro atoms. The number of imidazole rings is 2. The Morgan fingerprint density at radius 2 is 2.04 bits per heavy atom. The van der Waals surface area contributed by atoms with Crippen molar-refractivity contribution in [3.63, 3.8) is 0 Å². The largest absolute Gasteiger partial charge is 0.497 e. The number of hydrogen-bond acceptors (Lipinski definition) is 5. The lowest BCUT2D eigenvalue weighted by Crippen LogP contribution is -2.42. The molecule has 0 atom stereocenters. The van der Waals surface area contributed by atoms with Crippen LogP contribution in [0.1, 0.15) is 5.69 Å². The summed E-state index contributed by atoms with van der Waals surface area (Å²) >= 11 is 0. The molecule has 0 saturated carbocycles. The topological polar surface area (TPSA) is 119 Å². The van der Waals surface area contributed by atoms with E-state index in [4.69, 9.17) is 10.5 Å². The fraction of sp³-hybridized carbons (Fsp3) is 0.222. The third-order valence-corrected chi connectivity index (χ3v) is 4.65. The van der Waals surface area contributed by atoms with Crippen molar-refractivity contribution in [1.29, 1.82) is 0 Å². The highest BCUT2D eigenvalue weighted by molar-refractivity contribution is 5.78. The lowest BCUT2D eigenvalue weighted by molar-refractivity contribution is -0.118. The summed E-state index contributed by atoms with van der Waals surface area (Å²) in [4.78, 5) is 41.2. The SMILES string of the molecule is COc1cccc(-n2c(C)cn3c4c(=O)n(CC(N)=O)c(=O)n(C)c4nc23)c1. The molecule has 10 nitrogen and oxygen atoms in total. The van der Waals surface area contributed by atoms with Gasteiger partial charge in [-0.25, -0.2) is 9.36 Å². The number of amides is 1. The van der Waals surface area contributed by atoms with Crippen LogP contribution in [0.2, 0.25) is 0 Å². The van der Waals surface area contributed by atoms with Gasteiger partial charge in [0.15, 0.2) is 11.2 Å². The molecule has 3 aromatic heterocycles. The Hall–Kier alpha value is -3.82. The zero-order chi connectivity index (χ0) is 20.2. The number of aromatic nitrogens is 5. The highest BCUT2D eigenvalue weighted by Gasteiger charge is 2.21. The van der Waals surface area contributed by atoms with Crippen molar-refractivity contribution < 1.29 is 9.53 Å². The number of benzene rings is 1. The van der Waals surface area contributed by atoms with Crippen LogP contribution in [0.15, 0.2) is 40.1 Å². The van der Waals surface area contributed by atoms with Crippen molar-refractivity contribution in [2.45, 2.75) is 13.5 Å². The number of primary amides is 1. The molecule has 0 saturated heterocycles. The number of nitrogens with zero attached hydrogens (tertiary/aromatic N) is 5. The number of nitrogens with two attached hydrogens (primary N) is 1. The van der Waals surface area contributed by atoms with Crippen molar-refractivity contribution in [3.05, 3.63) is 57.0 Å². The quantitative estimate of drug-likeness (QED) is 0.530. The van der Waals surface area contributed by atoms with Crippen molar-refractivity contribution in [1.82, 2.24) is 23.1 Å². The standard InChI is InChI=1S/C18H18N6O4/c1-10-8-22-14-15(21(2)18(27)23(16(14)26)9-13(19)25)20-17(22)24(10)11-5-4-6-12(7-11)28-3/h4-8H,9H2,1-3H3,(H2,19,25). The van der Waals surface area contributed by atoms with E-state index in [0.717, 1.165) is 15.9 Å². The van der Waals surface area contributed by atoms with Crippen molar-refractivity contribution in [2.75, 3.05) is 7.11 Å². The van der Waals surface area contributed by atoms with Crippen LogP contribution in [0.4, 0.5) is 0 Å². The van der Waals surface area contributed by atoms with E-state index in [-0.39, 0.29) is 11.2 Å². The molecule has 3 heterocycles. The van der Waals surface area contributed by atoms with E-state index in [1.54, 1.807) is 17.7 Å². The first-order chi connectivity index (χ1) is 13.3. The number of ether oxygens (including phenoxy) is 1. The molecular weight excluding hydrogens is 364 g/mol. The first-order valence-electron chi connectivity index (χ1n) is 8.46. The molecular formula is C18H18N6O4. The number of hydrogen-bond donors (Lipinski definition) is 1. The molecule has 0 aliphatic carbocycles. The first kappa shape index (κ1) is 17.6. The summed E-state index contributed by atoms with van der Waals surface area (Å²) in [6, 6.07) is 7.41. The summed E-state index contributed by atoms with van der Waals surface area (Å²) in [5.41, 5.74) is 5.97. The molecule has 0 aliphatic rings. The van der Waals surface area contributed by atoms with Crippen LogP contribution in [0.5, 0.6) is 5.75 Å². The summed E-state index contributed by atoms with van der Waals surface area (Å²) in [6.45, 7) is 1.38. The average molecular weight is 382 g/mol. The summed E-state index contributed by atoms with van der Waals surface area (Å²) in [5.74, 6) is 0.366. The second-order valence-electron chi connectivity index (χ2n) is 6.46. The Morgan fingerprint density at radius 1 is 1.29 bits per heavy atom. The van der Waals surface area contributed by atoms with Crippen LogP contribution >= 0.6 is 0 Å². The fourth-order valence-corrected chi connectivity index (χ4v) is 3.37. The second-order valence-corrected chi connectivity index (χ2v) is 6.46. The van der Waals surface area contributed by atoms with Gasteiger partial charge in [-0.1, -0.05) is 6.07 Å². The maximum Gasteiger partial charge on any atom is 0.332 e. The van der Waals surface area contributed by atoms with Gasteiger partial charge in [0, 0.05) is 25.0 Å². The Bertz CT molecular complexity index is 1370. The van der Waals surface area contributed by atoms with Gasteiger partial charge in [-0.2, -0.15) is 4.98 Å². The summed E-state index contributed by atoms with van der Waals surface area (Å²) in [6.07, 6.45) is 1.75. The van der Waals surface area contributed by atoms with E-state index >= 15 is 0 Å². The third kappa shape index (κ3) is 2.42. The van der Waals surface area contributed by atoms with E-state index in [0.29, 0.717) is 11.5 Å². The second kappa shape index (κ2) is 6.12. The Labute approximate surface area is 158 Å². The monoisotopic (exact) mass is 382 g/mol. The highest BCUT2D eigenvalue weighted by Crippen LogP contribution is 2.23. The molecule has 28 heavy (non-hydrogen) atoms. The van der Waals surface area contributed by atoms with Gasteiger partial charge in [0.05, 0.1) is 12.8 Å². The minimum atomic E-state index is -0.774. The van der Waals surface area contributed by atoms with Gasteiger partial charge in [0.1, 0.15) is 12.3 Å². The normalized spacial score (nSPS) is 11.4. The van der Waals surface area contributed by atoms with Gasteiger partial charge >= 0.3 is 5.69 Å². The van der Waals surface area contributed by atoms with E-state index in [9.17, 15) is 14.4 Å². The fourth-order valence-electron chi connectivity index (χ4n) is 3.37. The van der Waals surface area contributed by atoms with E-state index in [1.165, 1.54) is 11.6 Å². The van der Waals surface area contributed by atoms with E-state index in [2.05, 4.69) is 4.98 Å². The maximum atomic E-state index is 12.9. The number of rotatable bonds is 4. The maximum absolute atomic E-state index is 12.9. The third-order valence-electron chi connectivity index (χ3n) is 4.65. The lowest BCUT2D eigenvalue weighted by atomic mass is 10.3. The Morgan fingerprint density at radius 3 is 2.71 bits per heavy atom. The van der Waals surface area contributed by atoms with Gasteiger partial charge in [0.25, 0.3) is 5.56 Å². The molecule has 0 aliphatic heterocycles. The van der Waals surface area contributed by atoms with Crippen molar-refractivity contribution in [2.24, 2.45) is 12.8 Å². The smallest absolute Gasteiger partial charge is 0.332 e. The number of carbonyl (C=O) groups excluding carboxylic acids is 1. The minimum Gasteiger partial charge on any atom is -0.497 e. The molecule has 2 N–H and O–H groups in total. The summed E-state index contributed by atoms with van der Waals surface area (Å²) in [5, 5.41) is 0. The van der Waals surface area contributed by atoms with Crippen LogP contribution < -0.4 is 21.7 Å². The van der Waals surface area contributed by atoms with Gasteiger partial charge in [-0.3, -0.25) is 23.1 Å². The zero-order valence-corrected chi connectivity index (χ0v) is 15.5. The van der Waals surface area contributed by atoms with Crippen LogP contribution in [-0.4, -0.2) is 36.1 Å². The average Bonchev–Trinajstić information content (AvgIpc) is 3.17. The van der Waals surface area contributed by atoms with Crippen molar-refractivity contribution in [3.8, 4) is 11.4 Å². The molecule has 0 bridgehead atoms. The Balaban J connectivity index is 2.11. The number of aryl methyl sites for hydroxylation is 2. The van der Waals surface area contributed by atoms with Crippen LogP contribution in [-0.2, 0) is 18.4 Å². The predicted octanol–water partition coefficient (Wildman–Crippen LogP) is -0.0591. The van der Waals surface area contributed by atoms with Gasteiger partial charge in [-0.05, 0) is 19.1 Å². The lowest BCUT2D eigenvalue weighted by Gasteiger charge is -2.07. The summed E-state index contributed by atoms with van der Waals surface area (Å²) in [7, 11) is 3.08. The van der Waals surface area contributed by atoms with Gasteiger partial charge < -0.3 is 10.5 Å². The number of carbonyl (C=O) groups is 1. The molecule has 144 valence electrons. The van der Waals surface area contributed by atoms with E-state index < -0.39 is 23.7 Å². The molecule has 1 aromatic carbocycles. The molecule has 4 aromatic rings. The molecule has 0 fully saturated rings. The first-order valence-corrected chi connectivity index (χ1v) is 8.46. The van der Waals surface area contributed by atoms with Crippen molar-refractivity contribution >= 4 is 22.8 Å². The number of methoxy groups -OCH3 is 1. The highest BCUT2D eigenvalue weighted by atomic mass is 16.5. The molecule has 10 heteroatoms. The minimum absolute atomic E-state index is 0.197. The molecule has 0 unspecified atom stereocenters. The van der Waals surface area contributed by atoms with Crippen LogP contribution in [0.3, 0.4) is 0 Å². The molecule has 4 rings (SSSR count). The zero-order valence-electron chi connectivity index (χ0n) is 15.5. The van der Waals surface area contributed by atoms with Gasteiger partial charge in [0.2, 0.25) is 11.7 Å². The van der Waals surface area contributed by atoms with E-state index in [1.807, 2.05) is 35.8 Å². The summed E-state index contributed by atoms with van der Waals surface area (Å²) < 4.78 is 10.8.